The molecular weight excluding hydrogens is 272 g/mol. The van der Waals surface area contributed by atoms with Gasteiger partial charge in [-0.1, -0.05) is 30.3 Å². The topological polar surface area (TPSA) is 29.1 Å². The van der Waals surface area contributed by atoms with Gasteiger partial charge in [0.1, 0.15) is 11.6 Å². The Labute approximate surface area is 122 Å². The average molecular weight is 287 g/mol. The van der Waals surface area contributed by atoms with E-state index in [1.54, 1.807) is 30.3 Å². The van der Waals surface area contributed by atoms with Crippen molar-refractivity contribution in [3.63, 3.8) is 0 Å². The van der Waals surface area contributed by atoms with Crippen LogP contribution in [0.1, 0.15) is 11.1 Å². The van der Waals surface area contributed by atoms with Gasteiger partial charge in [0, 0.05) is 18.2 Å². The van der Waals surface area contributed by atoms with Crippen LogP contribution in [0.3, 0.4) is 0 Å². The number of hydrogen-bond acceptors (Lipinski definition) is 1. The van der Waals surface area contributed by atoms with E-state index in [0.717, 1.165) is 5.56 Å². The van der Waals surface area contributed by atoms with Gasteiger partial charge in [0.25, 0.3) is 0 Å². The van der Waals surface area contributed by atoms with Crippen molar-refractivity contribution in [2.24, 2.45) is 0 Å². The van der Waals surface area contributed by atoms with Crippen molar-refractivity contribution in [2.75, 3.05) is 6.54 Å². The molecular formula is C17H15F2NO. The minimum atomic E-state index is -0.374. The van der Waals surface area contributed by atoms with Crippen LogP contribution in [0.4, 0.5) is 8.78 Å². The predicted octanol–water partition coefficient (Wildman–Crippen LogP) is 3.34. The van der Waals surface area contributed by atoms with E-state index >= 15 is 0 Å². The van der Waals surface area contributed by atoms with Gasteiger partial charge >= 0.3 is 0 Å². The summed E-state index contributed by atoms with van der Waals surface area (Å²) < 4.78 is 26.3. The number of carbonyl (C=O) groups excluding carboxylic acids is 1. The molecule has 0 saturated heterocycles. The number of hydrogen-bond donors (Lipinski definition) is 1. The van der Waals surface area contributed by atoms with Crippen LogP contribution in [0.2, 0.25) is 0 Å². The third-order valence-electron chi connectivity index (χ3n) is 2.92. The molecule has 21 heavy (non-hydrogen) atoms. The van der Waals surface area contributed by atoms with Gasteiger partial charge in [-0.2, -0.15) is 0 Å². The molecule has 2 aromatic carbocycles. The number of benzene rings is 2. The molecule has 0 aliphatic rings. The molecule has 0 aliphatic carbocycles. The molecule has 0 heterocycles. The first-order valence-corrected chi connectivity index (χ1v) is 6.60. The van der Waals surface area contributed by atoms with E-state index in [4.69, 9.17) is 0 Å². The van der Waals surface area contributed by atoms with Crippen LogP contribution in [0.25, 0.3) is 6.08 Å². The molecule has 0 spiro atoms. The Bertz CT molecular complexity index is 653. The minimum Gasteiger partial charge on any atom is -0.352 e. The van der Waals surface area contributed by atoms with Crippen molar-refractivity contribution in [3.05, 3.63) is 77.4 Å². The van der Waals surface area contributed by atoms with E-state index < -0.39 is 0 Å². The Morgan fingerprint density at radius 2 is 1.90 bits per heavy atom. The van der Waals surface area contributed by atoms with Crippen molar-refractivity contribution in [2.45, 2.75) is 6.42 Å². The highest BCUT2D eigenvalue weighted by atomic mass is 19.1. The molecule has 4 heteroatoms. The molecule has 2 aromatic rings. The normalized spacial score (nSPS) is 10.8. The lowest BCUT2D eigenvalue weighted by Crippen LogP contribution is -2.23. The Kier molecular flexibility index (Phi) is 5.21. The quantitative estimate of drug-likeness (QED) is 0.840. The summed E-state index contributed by atoms with van der Waals surface area (Å²) in [5, 5.41) is 2.67. The van der Waals surface area contributed by atoms with E-state index in [9.17, 15) is 13.6 Å². The lowest BCUT2D eigenvalue weighted by Gasteiger charge is -2.03. The van der Waals surface area contributed by atoms with Crippen LogP contribution >= 0.6 is 0 Å². The second-order valence-corrected chi connectivity index (χ2v) is 4.53. The van der Waals surface area contributed by atoms with E-state index in [1.807, 2.05) is 0 Å². The summed E-state index contributed by atoms with van der Waals surface area (Å²) in [5.74, 6) is -0.978. The summed E-state index contributed by atoms with van der Waals surface area (Å²) in [6, 6.07) is 12.4. The second kappa shape index (κ2) is 7.33. The number of rotatable bonds is 5. The minimum absolute atomic E-state index is 0.293. The number of nitrogens with one attached hydrogen (secondary N) is 1. The fourth-order valence-corrected chi connectivity index (χ4v) is 1.86. The first-order chi connectivity index (χ1) is 10.1. The lowest BCUT2D eigenvalue weighted by molar-refractivity contribution is -0.116. The van der Waals surface area contributed by atoms with Crippen LogP contribution in [-0.2, 0) is 11.2 Å². The summed E-state index contributed by atoms with van der Waals surface area (Å²) >= 11 is 0. The van der Waals surface area contributed by atoms with Crippen LogP contribution in [0.5, 0.6) is 0 Å². The Hall–Kier alpha value is -2.49. The molecule has 0 aromatic heterocycles. The highest BCUT2D eigenvalue weighted by Gasteiger charge is 1.99. The van der Waals surface area contributed by atoms with Gasteiger partial charge in [0.05, 0.1) is 0 Å². The zero-order valence-electron chi connectivity index (χ0n) is 11.4. The third kappa shape index (κ3) is 4.84. The molecule has 0 atom stereocenters. The maximum atomic E-state index is 13.3. The molecule has 0 saturated carbocycles. The summed E-state index contributed by atoms with van der Waals surface area (Å²) in [4.78, 5) is 11.6. The van der Waals surface area contributed by atoms with Crippen molar-refractivity contribution in [1.29, 1.82) is 0 Å². The molecule has 0 aliphatic heterocycles. The van der Waals surface area contributed by atoms with Crippen molar-refractivity contribution in [1.82, 2.24) is 5.32 Å². The van der Waals surface area contributed by atoms with E-state index in [2.05, 4.69) is 5.32 Å². The Morgan fingerprint density at radius 1 is 1.10 bits per heavy atom. The molecule has 1 amide bonds. The molecule has 0 radical (unpaired) electrons. The Morgan fingerprint density at radius 3 is 2.67 bits per heavy atom. The van der Waals surface area contributed by atoms with E-state index in [1.165, 1.54) is 30.4 Å². The van der Waals surface area contributed by atoms with Crippen LogP contribution < -0.4 is 5.32 Å². The molecule has 0 fully saturated rings. The molecule has 2 nitrogen and oxygen atoms in total. The zero-order valence-corrected chi connectivity index (χ0v) is 11.4. The maximum absolute atomic E-state index is 13.3. The van der Waals surface area contributed by atoms with Crippen molar-refractivity contribution in [3.8, 4) is 0 Å². The van der Waals surface area contributed by atoms with Gasteiger partial charge in [0.15, 0.2) is 0 Å². The fraction of sp³-hybridized carbons (Fsp3) is 0.118. The first kappa shape index (κ1) is 14.9. The van der Waals surface area contributed by atoms with Gasteiger partial charge in [0.2, 0.25) is 5.91 Å². The third-order valence-corrected chi connectivity index (χ3v) is 2.92. The van der Waals surface area contributed by atoms with Crippen molar-refractivity contribution >= 4 is 12.0 Å². The fourth-order valence-electron chi connectivity index (χ4n) is 1.86. The van der Waals surface area contributed by atoms with Crippen LogP contribution in [0, 0.1) is 11.6 Å². The average Bonchev–Trinajstić information content (AvgIpc) is 2.46. The smallest absolute Gasteiger partial charge is 0.244 e. The highest BCUT2D eigenvalue weighted by molar-refractivity contribution is 5.91. The molecule has 0 bridgehead atoms. The molecule has 0 unspecified atom stereocenters. The Balaban J connectivity index is 1.81. The second-order valence-electron chi connectivity index (χ2n) is 4.53. The van der Waals surface area contributed by atoms with Crippen LogP contribution in [-0.4, -0.2) is 12.5 Å². The number of amides is 1. The SMILES string of the molecule is O=C(/C=C/c1ccccc1F)NCCc1cccc(F)c1. The predicted molar refractivity (Wildman–Crippen MR) is 78.5 cm³/mol. The summed E-state index contributed by atoms with van der Waals surface area (Å²) in [6.07, 6.45) is 3.24. The lowest BCUT2D eigenvalue weighted by atomic mass is 10.1. The van der Waals surface area contributed by atoms with Gasteiger partial charge in [-0.05, 0) is 36.3 Å². The molecule has 2 rings (SSSR count). The maximum Gasteiger partial charge on any atom is 0.244 e. The molecule has 108 valence electrons. The van der Waals surface area contributed by atoms with Crippen LogP contribution in [0.15, 0.2) is 54.6 Å². The number of halogens is 2. The summed E-state index contributed by atoms with van der Waals surface area (Å²) in [5.41, 5.74) is 1.17. The summed E-state index contributed by atoms with van der Waals surface area (Å²) in [6.45, 7) is 0.393. The van der Waals surface area contributed by atoms with Gasteiger partial charge in [-0.15, -0.1) is 0 Å². The molecule has 1 N–H and O–H groups in total. The summed E-state index contributed by atoms with van der Waals surface area (Å²) in [7, 11) is 0. The zero-order chi connectivity index (χ0) is 15.1. The van der Waals surface area contributed by atoms with Gasteiger partial charge in [-0.3, -0.25) is 4.79 Å². The van der Waals surface area contributed by atoms with E-state index in [-0.39, 0.29) is 17.5 Å². The van der Waals surface area contributed by atoms with E-state index in [0.29, 0.717) is 18.5 Å². The standard InChI is InChI=1S/C17H15F2NO/c18-15-6-3-4-13(12-15)10-11-20-17(21)9-8-14-5-1-2-7-16(14)19/h1-9,12H,10-11H2,(H,20,21)/b9-8+. The number of carbonyl (C=O) groups is 1. The van der Waals surface area contributed by atoms with Gasteiger partial charge in [-0.25, -0.2) is 8.78 Å². The largest absolute Gasteiger partial charge is 0.352 e. The van der Waals surface area contributed by atoms with Crippen molar-refractivity contribution < 1.29 is 13.6 Å². The van der Waals surface area contributed by atoms with Gasteiger partial charge < -0.3 is 5.32 Å². The highest BCUT2D eigenvalue weighted by Crippen LogP contribution is 2.08. The first-order valence-electron chi connectivity index (χ1n) is 6.60. The monoisotopic (exact) mass is 287 g/mol.